The SMILES string of the molecule is N#Cc1nc(C(=O)O)c(-c2ccccc2)s1. The molecule has 2 rings (SSSR count). The van der Waals surface area contributed by atoms with Crippen LogP contribution in [0.1, 0.15) is 15.5 Å². The molecule has 0 radical (unpaired) electrons. The maximum Gasteiger partial charge on any atom is 0.356 e. The summed E-state index contributed by atoms with van der Waals surface area (Å²) in [5.41, 5.74) is 0.701. The van der Waals surface area contributed by atoms with Crippen molar-refractivity contribution in [1.82, 2.24) is 4.98 Å². The van der Waals surface area contributed by atoms with E-state index >= 15 is 0 Å². The van der Waals surface area contributed by atoms with E-state index in [1.54, 1.807) is 12.1 Å². The van der Waals surface area contributed by atoms with Crippen LogP contribution in [0.25, 0.3) is 10.4 Å². The van der Waals surface area contributed by atoms with E-state index in [2.05, 4.69) is 4.98 Å². The summed E-state index contributed by atoms with van der Waals surface area (Å²) < 4.78 is 0. The lowest BCUT2D eigenvalue weighted by molar-refractivity contribution is 0.0692. The first-order valence-electron chi connectivity index (χ1n) is 4.42. The van der Waals surface area contributed by atoms with Crippen molar-refractivity contribution in [3.63, 3.8) is 0 Å². The second-order valence-corrected chi connectivity index (χ2v) is 3.98. The van der Waals surface area contributed by atoms with E-state index in [0.717, 1.165) is 16.9 Å². The highest BCUT2D eigenvalue weighted by Gasteiger charge is 2.18. The Hall–Kier alpha value is -2.19. The second kappa shape index (κ2) is 4.13. The minimum atomic E-state index is -1.11. The molecular weight excluding hydrogens is 224 g/mol. The molecule has 0 atom stereocenters. The Morgan fingerprint density at radius 1 is 1.38 bits per heavy atom. The number of benzene rings is 1. The fourth-order valence-electron chi connectivity index (χ4n) is 1.30. The van der Waals surface area contributed by atoms with Gasteiger partial charge in [-0.25, -0.2) is 9.78 Å². The van der Waals surface area contributed by atoms with Crippen molar-refractivity contribution in [3.8, 4) is 16.5 Å². The van der Waals surface area contributed by atoms with E-state index in [1.807, 2.05) is 24.3 Å². The number of nitriles is 1. The van der Waals surface area contributed by atoms with E-state index in [1.165, 1.54) is 0 Å². The van der Waals surface area contributed by atoms with Gasteiger partial charge in [-0.05, 0) is 5.56 Å². The third-order valence-corrected chi connectivity index (χ3v) is 2.97. The van der Waals surface area contributed by atoms with E-state index in [-0.39, 0.29) is 10.7 Å². The molecule has 2 aromatic rings. The van der Waals surface area contributed by atoms with Crippen LogP contribution in [0.5, 0.6) is 0 Å². The number of carbonyl (C=O) groups is 1. The molecule has 5 heteroatoms. The van der Waals surface area contributed by atoms with Gasteiger partial charge in [0.15, 0.2) is 10.7 Å². The molecule has 4 nitrogen and oxygen atoms in total. The molecule has 1 heterocycles. The molecule has 0 aliphatic carbocycles. The third-order valence-electron chi connectivity index (χ3n) is 1.96. The molecule has 0 amide bonds. The van der Waals surface area contributed by atoms with Crippen LogP contribution >= 0.6 is 11.3 Å². The highest BCUT2D eigenvalue weighted by Crippen LogP contribution is 2.29. The van der Waals surface area contributed by atoms with Gasteiger partial charge in [0.1, 0.15) is 6.07 Å². The van der Waals surface area contributed by atoms with Crippen molar-refractivity contribution in [2.24, 2.45) is 0 Å². The molecule has 1 aromatic carbocycles. The van der Waals surface area contributed by atoms with Gasteiger partial charge in [0.25, 0.3) is 0 Å². The van der Waals surface area contributed by atoms with E-state index < -0.39 is 5.97 Å². The van der Waals surface area contributed by atoms with Gasteiger partial charge < -0.3 is 5.11 Å². The van der Waals surface area contributed by atoms with Crippen LogP contribution in [-0.2, 0) is 0 Å². The van der Waals surface area contributed by atoms with E-state index in [4.69, 9.17) is 10.4 Å². The largest absolute Gasteiger partial charge is 0.476 e. The zero-order valence-electron chi connectivity index (χ0n) is 8.04. The maximum atomic E-state index is 11.0. The fraction of sp³-hybridized carbons (Fsp3) is 0. The number of nitrogens with zero attached hydrogens (tertiary/aromatic N) is 2. The first kappa shape index (κ1) is 10.3. The van der Waals surface area contributed by atoms with E-state index in [9.17, 15) is 4.79 Å². The average molecular weight is 230 g/mol. The Labute approximate surface area is 95.4 Å². The summed E-state index contributed by atoms with van der Waals surface area (Å²) in [6, 6.07) is 10.9. The van der Waals surface area contributed by atoms with Crippen LogP contribution in [0, 0.1) is 11.3 Å². The summed E-state index contributed by atoms with van der Waals surface area (Å²) in [6.07, 6.45) is 0. The summed E-state index contributed by atoms with van der Waals surface area (Å²) in [6.45, 7) is 0. The normalized spacial score (nSPS) is 9.69. The van der Waals surface area contributed by atoms with Crippen LogP contribution in [0.2, 0.25) is 0 Å². The smallest absolute Gasteiger partial charge is 0.356 e. The second-order valence-electron chi connectivity index (χ2n) is 2.98. The van der Waals surface area contributed by atoms with E-state index in [0.29, 0.717) is 4.88 Å². The lowest BCUT2D eigenvalue weighted by Gasteiger charge is -1.97. The summed E-state index contributed by atoms with van der Waals surface area (Å²) in [4.78, 5) is 15.2. The molecule has 0 saturated carbocycles. The Morgan fingerprint density at radius 3 is 2.62 bits per heavy atom. The van der Waals surface area contributed by atoms with Crippen molar-refractivity contribution < 1.29 is 9.90 Å². The number of aromatic carboxylic acids is 1. The summed E-state index contributed by atoms with van der Waals surface area (Å²) in [5, 5.41) is 17.8. The lowest BCUT2D eigenvalue weighted by atomic mass is 10.1. The minimum absolute atomic E-state index is 0.0623. The Kier molecular flexibility index (Phi) is 2.66. The molecule has 78 valence electrons. The molecule has 16 heavy (non-hydrogen) atoms. The van der Waals surface area contributed by atoms with Gasteiger partial charge in [-0.1, -0.05) is 30.3 Å². The zero-order valence-corrected chi connectivity index (χ0v) is 8.86. The first-order chi connectivity index (χ1) is 7.72. The van der Waals surface area contributed by atoms with Gasteiger partial charge >= 0.3 is 5.97 Å². The predicted molar refractivity (Wildman–Crippen MR) is 59.2 cm³/mol. The number of hydrogen-bond acceptors (Lipinski definition) is 4. The standard InChI is InChI=1S/C11H6N2O2S/c12-6-8-13-9(11(14)15)10(16-8)7-4-2-1-3-5-7/h1-5H,(H,14,15). The summed E-state index contributed by atoms with van der Waals surface area (Å²) in [5.74, 6) is -1.11. The molecule has 0 aliphatic heterocycles. The molecular formula is C11H6N2O2S. The lowest BCUT2D eigenvalue weighted by Crippen LogP contribution is -1.98. The third kappa shape index (κ3) is 1.78. The van der Waals surface area contributed by atoms with Gasteiger partial charge in [0.2, 0.25) is 0 Å². The minimum Gasteiger partial charge on any atom is -0.476 e. The number of thiazole rings is 1. The summed E-state index contributed by atoms with van der Waals surface area (Å²) in [7, 11) is 0. The van der Waals surface area contributed by atoms with Crippen molar-refractivity contribution in [2.45, 2.75) is 0 Å². The summed E-state index contributed by atoms with van der Waals surface area (Å²) >= 11 is 1.09. The molecule has 0 spiro atoms. The van der Waals surface area contributed by atoms with Gasteiger partial charge in [-0.2, -0.15) is 5.26 Å². The Balaban J connectivity index is 2.61. The average Bonchev–Trinajstić information content (AvgIpc) is 2.74. The monoisotopic (exact) mass is 230 g/mol. The number of hydrogen-bond donors (Lipinski definition) is 1. The highest BCUT2D eigenvalue weighted by atomic mass is 32.1. The molecule has 0 aliphatic rings. The molecule has 0 bridgehead atoms. The number of carboxylic acid groups (broad SMARTS) is 1. The topological polar surface area (TPSA) is 74.0 Å². The molecule has 0 fully saturated rings. The van der Waals surface area contributed by atoms with Crippen LogP contribution in [-0.4, -0.2) is 16.1 Å². The van der Waals surface area contributed by atoms with Gasteiger partial charge in [0.05, 0.1) is 4.88 Å². The fourth-order valence-corrected chi connectivity index (χ4v) is 2.16. The Morgan fingerprint density at radius 2 is 2.06 bits per heavy atom. The van der Waals surface area contributed by atoms with Crippen molar-refractivity contribution >= 4 is 17.3 Å². The van der Waals surface area contributed by atoms with Crippen LogP contribution in [0.15, 0.2) is 30.3 Å². The predicted octanol–water partition coefficient (Wildman–Crippen LogP) is 2.38. The number of rotatable bonds is 2. The Bertz CT molecular complexity index is 569. The van der Waals surface area contributed by atoms with Crippen molar-refractivity contribution in [2.75, 3.05) is 0 Å². The van der Waals surface area contributed by atoms with Crippen LogP contribution < -0.4 is 0 Å². The van der Waals surface area contributed by atoms with Gasteiger partial charge in [-0.15, -0.1) is 11.3 Å². The van der Waals surface area contributed by atoms with Crippen LogP contribution in [0.3, 0.4) is 0 Å². The van der Waals surface area contributed by atoms with Crippen molar-refractivity contribution in [3.05, 3.63) is 41.0 Å². The maximum absolute atomic E-state index is 11.0. The number of carboxylic acids is 1. The van der Waals surface area contributed by atoms with Gasteiger partial charge in [0, 0.05) is 0 Å². The zero-order chi connectivity index (χ0) is 11.5. The van der Waals surface area contributed by atoms with Crippen LogP contribution in [0.4, 0.5) is 0 Å². The molecule has 0 unspecified atom stereocenters. The molecule has 1 aromatic heterocycles. The quantitative estimate of drug-likeness (QED) is 0.859. The first-order valence-corrected chi connectivity index (χ1v) is 5.23. The highest BCUT2D eigenvalue weighted by molar-refractivity contribution is 7.16. The molecule has 1 N–H and O–H groups in total. The molecule has 0 saturated heterocycles. The van der Waals surface area contributed by atoms with Gasteiger partial charge in [-0.3, -0.25) is 0 Å². The van der Waals surface area contributed by atoms with Crippen molar-refractivity contribution in [1.29, 1.82) is 5.26 Å². The number of aromatic nitrogens is 1.